The lowest BCUT2D eigenvalue weighted by Gasteiger charge is -2.13. The molecule has 70 valence electrons. The summed E-state index contributed by atoms with van der Waals surface area (Å²) < 4.78 is -0.213. The van der Waals surface area contributed by atoms with Gasteiger partial charge in [-0.15, -0.1) is 0 Å². The second kappa shape index (κ2) is 5.48. The molecule has 2 amide bonds. The van der Waals surface area contributed by atoms with Crippen LogP contribution in [0, 0.1) is 0 Å². The fraction of sp³-hybridized carbons (Fsp3) is 0.400. The first-order valence-corrected chi connectivity index (χ1v) is 3.92. The van der Waals surface area contributed by atoms with Gasteiger partial charge in [0.1, 0.15) is 9.65 Å². The molecule has 0 saturated heterocycles. The summed E-state index contributed by atoms with van der Waals surface area (Å²) in [5.74, 6) is 0. The third kappa shape index (κ3) is 4.01. The minimum atomic E-state index is -0.568. The number of hydrogen-bond acceptors (Lipinski definition) is 2. The molecule has 0 spiro atoms. The van der Waals surface area contributed by atoms with Crippen LogP contribution in [-0.2, 0) is 4.84 Å². The molecule has 0 aromatic rings. The van der Waals surface area contributed by atoms with Gasteiger partial charge in [0, 0.05) is 7.05 Å². The van der Waals surface area contributed by atoms with Gasteiger partial charge >= 0.3 is 6.03 Å². The first kappa shape index (κ1) is 11.8. The van der Waals surface area contributed by atoms with E-state index >= 15 is 0 Å². The normalized spacial score (nSPS) is 9.08. The van der Waals surface area contributed by atoms with E-state index in [1.54, 1.807) is 0 Å². The van der Waals surface area contributed by atoms with E-state index in [1.165, 1.54) is 14.2 Å². The number of nitrogens with one attached hydrogen (secondary N) is 1. The van der Waals surface area contributed by atoms with Crippen LogP contribution in [0.2, 0.25) is 0 Å². The molecular formula is C5H7Cl3N2O2. The fourth-order valence-corrected chi connectivity index (χ4v) is 0.478. The van der Waals surface area contributed by atoms with Gasteiger partial charge < -0.3 is 0 Å². The van der Waals surface area contributed by atoms with Crippen molar-refractivity contribution in [2.75, 3.05) is 14.2 Å². The molecule has 7 heteroatoms. The van der Waals surface area contributed by atoms with Crippen LogP contribution in [0.3, 0.4) is 0 Å². The number of nitrogens with zero attached hydrogens (tertiary/aromatic N) is 1. The van der Waals surface area contributed by atoms with Crippen LogP contribution in [0.5, 0.6) is 0 Å². The maximum absolute atomic E-state index is 10.9. The summed E-state index contributed by atoms with van der Waals surface area (Å²) in [6, 6.07) is -0.568. The molecule has 0 fully saturated rings. The number of amides is 2. The zero-order valence-corrected chi connectivity index (χ0v) is 8.67. The molecule has 4 nitrogen and oxygen atoms in total. The highest BCUT2D eigenvalue weighted by atomic mass is 35.5. The topological polar surface area (TPSA) is 41.6 Å². The minimum absolute atomic E-state index is 0.146. The Morgan fingerprint density at radius 2 is 1.92 bits per heavy atom. The quantitative estimate of drug-likeness (QED) is 0.586. The predicted molar refractivity (Wildman–Crippen MR) is 47.9 cm³/mol. The number of rotatable bonds is 2. The maximum atomic E-state index is 10.9. The molecule has 1 N–H and O–H groups in total. The second-order valence-electron chi connectivity index (χ2n) is 1.68. The van der Waals surface area contributed by atoms with Crippen molar-refractivity contribution in [3.05, 3.63) is 9.65 Å². The van der Waals surface area contributed by atoms with E-state index in [2.05, 4.69) is 10.2 Å². The molecule has 0 heterocycles. The minimum Gasteiger partial charge on any atom is -0.294 e. The molecular weight excluding hydrogens is 226 g/mol. The molecule has 0 unspecified atom stereocenters. The summed E-state index contributed by atoms with van der Waals surface area (Å²) in [4.78, 5) is 15.5. The maximum Gasteiger partial charge on any atom is 0.346 e. The van der Waals surface area contributed by atoms with Gasteiger partial charge in [0.2, 0.25) is 0 Å². The average Bonchev–Trinajstić information content (AvgIpc) is 2.02. The molecule has 0 saturated carbocycles. The Hall–Kier alpha value is -0.160. The van der Waals surface area contributed by atoms with Crippen LogP contribution in [0.1, 0.15) is 0 Å². The van der Waals surface area contributed by atoms with Crippen molar-refractivity contribution in [2.24, 2.45) is 0 Å². The van der Waals surface area contributed by atoms with Crippen molar-refractivity contribution in [1.82, 2.24) is 10.4 Å². The lowest BCUT2D eigenvalue weighted by atomic mass is 10.8. The van der Waals surface area contributed by atoms with Gasteiger partial charge in [-0.1, -0.05) is 34.8 Å². The number of carbonyl (C=O) groups is 1. The standard InChI is InChI=1S/C5H7Cl3N2O2/c1-10(12-2)5(11)9-4(8)3(6)7/h1-2H3,(H,9,11). The first-order valence-electron chi connectivity index (χ1n) is 2.78. The van der Waals surface area contributed by atoms with Crippen LogP contribution >= 0.6 is 34.8 Å². The third-order valence-corrected chi connectivity index (χ3v) is 1.80. The SMILES string of the molecule is CON(C)C(=O)NC(Cl)=C(Cl)Cl. The number of hydrogen-bond donors (Lipinski definition) is 1. The summed E-state index contributed by atoms with van der Waals surface area (Å²) in [6.07, 6.45) is 0. The monoisotopic (exact) mass is 232 g/mol. The Balaban J connectivity index is 4.11. The fourth-order valence-electron chi connectivity index (χ4n) is 0.303. The Morgan fingerprint density at radius 1 is 1.42 bits per heavy atom. The summed E-state index contributed by atoms with van der Waals surface area (Å²) in [6.45, 7) is 0. The van der Waals surface area contributed by atoms with Gasteiger partial charge in [-0.25, -0.2) is 9.86 Å². The van der Waals surface area contributed by atoms with Crippen LogP contribution in [0.25, 0.3) is 0 Å². The highest BCUT2D eigenvalue weighted by molar-refractivity contribution is 6.59. The van der Waals surface area contributed by atoms with Gasteiger partial charge in [0.15, 0.2) is 0 Å². The number of carbonyl (C=O) groups excluding carboxylic acids is 1. The lowest BCUT2D eigenvalue weighted by Crippen LogP contribution is -2.35. The largest absolute Gasteiger partial charge is 0.346 e. The molecule has 12 heavy (non-hydrogen) atoms. The van der Waals surface area contributed by atoms with Crippen LogP contribution in [0.4, 0.5) is 4.79 Å². The summed E-state index contributed by atoms with van der Waals surface area (Å²) in [5.41, 5.74) is 0. The van der Waals surface area contributed by atoms with E-state index in [-0.39, 0.29) is 9.65 Å². The van der Waals surface area contributed by atoms with E-state index in [1.807, 2.05) is 0 Å². The summed E-state index contributed by atoms with van der Waals surface area (Å²) in [7, 11) is 2.74. The Kier molecular flexibility index (Phi) is 5.41. The van der Waals surface area contributed by atoms with Crippen molar-refractivity contribution in [2.45, 2.75) is 0 Å². The van der Waals surface area contributed by atoms with E-state index < -0.39 is 6.03 Å². The number of hydroxylamine groups is 2. The van der Waals surface area contributed by atoms with Gasteiger partial charge in [-0.2, -0.15) is 0 Å². The van der Waals surface area contributed by atoms with Crippen molar-refractivity contribution >= 4 is 40.8 Å². The smallest absolute Gasteiger partial charge is 0.294 e. The zero-order chi connectivity index (χ0) is 9.72. The Labute approximate surface area is 85.0 Å². The van der Waals surface area contributed by atoms with E-state index in [0.717, 1.165) is 5.06 Å². The molecule has 0 atom stereocenters. The molecule has 0 aliphatic rings. The van der Waals surface area contributed by atoms with Gasteiger partial charge in [0.05, 0.1) is 7.11 Å². The third-order valence-electron chi connectivity index (χ3n) is 0.942. The summed E-state index contributed by atoms with van der Waals surface area (Å²) >= 11 is 15.9. The number of urea groups is 1. The van der Waals surface area contributed by atoms with Gasteiger partial charge in [-0.3, -0.25) is 10.2 Å². The van der Waals surface area contributed by atoms with E-state index in [4.69, 9.17) is 34.8 Å². The van der Waals surface area contributed by atoms with Crippen LogP contribution < -0.4 is 5.32 Å². The van der Waals surface area contributed by atoms with Crippen molar-refractivity contribution in [3.8, 4) is 0 Å². The molecule has 0 bridgehead atoms. The second-order valence-corrected chi connectivity index (χ2v) is 3.01. The first-order chi connectivity index (χ1) is 5.49. The van der Waals surface area contributed by atoms with Crippen LogP contribution in [-0.4, -0.2) is 25.3 Å². The highest BCUT2D eigenvalue weighted by Crippen LogP contribution is 2.14. The van der Waals surface area contributed by atoms with Gasteiger partial charge in [-0.05, 0) is 0 Å². The molecule has 0 aliphatic heterocycles. The molecule has 0 aliphatic carbocycles. The van der Waals surface area contributed by atoms with Crippen molar-refractivity contribution in [1.29, 1.82) is 0 Å². The van der Waals surface area contributed by atoms with E-state index in [9.17, 15) is 4.79 Å². The van der Waals surface area contributed by atoms with Crippen molar-refractivity contribution < 1.29 is 9.63 Å². The molecule has 0 rings (SSSR count). The summed E-state index contributed by atoms with van der Waals surface area (Å²) in [5, 5.41) is 2.96. The zero-order valence-electron chi connectivity index (χ0n) is 6.40. The highest BCUT2D eigenvalue weighted by Gasteiger charge is 2.09. The lowest BCUT2D eigenvalue weighted by molar-refractivity contribution is -0.0638. The average molecular weight is 233 g/mol. The van der Waals surface area contributed by atoms with Crippen LogP contribution in [0.15, 0.2) is 9.65 Å². The molecule has 0 aromatic heterocycles. The van der Waals surface area contributed by atoms with E-state index in [0.29, 0.717) is 0 Å². The van der Waals surface area contributed by atoms with Crippen molar-refractivity contribution in [3.63, 3.8) is 0 Å². The molecule has 0 radical (unpaired) electrons. The Morgan fingerprint density at radius 3 is 2.25 bits per heavy atom. The molecule has 0 aromatic carbocycles. The Bertz CT molecular complexity index is 203. The number of halogens is 3. The predicted octanol–water partition coefficient (Wildman–Crippen LogP) is 2.03. The van der Waals surface area contributed by atoms with Gasteiger partial charge in [0.25, 0.3) is 0 Å².